The highest BCUT2D eigenvalue weighted by Gasteiger charge is 2.02. The molecular formula is C7H14N4. The van der Waals surface area contributed by atoms with Crippen molar-refractivity contribution in [3.05, 3.63) is 6.07 Å². The smallest absolute Gasteiger partial charge is 0.147 e. The van der Waals surface area contributed by atoms with E-state index in [0.29, 0.717) is 17.6 Å². The summed E-state index contributed by atoms with van der Waals surface area (Å²) >= 11 is 0. The molecule has 0 spiro atoms. The summed E-state index contributed by atoms with van der Waals surface area (Å²) in [4.78, 5) is 0. The van der Waals surface area contributed by atoms with Crippen LogP contribution in [-0.2, 0) is 6.54 Å². The van der Waals surface area contributed by atoms with Gasteiger partial charge in [-0.05, 0) is 5.92 Å². The predicted molar refractivity (Wildman–Crippen MR) is 45.9 cm³/mol. The van der Waals surface area contributed by atoms with Crippen LogP contribution in [0.4, 0.5) is 11.6 Å². The SMILES string of the molecule is CC(C)Cn1nc(N)cc1N. The number of rotatable bonds is 2. The Kier molecular flexibility index (Phi) is 2.03. The highest BCUT2D eigenvalue weighted by atomic mass is 15.3. The number of hydrogen-bond donors (Lipinski definition) is 2. The van der Waals surface area contributed by atoms with Crippen LogP contribution in [0.5, 0.6) is 0 Å². The van der Waals surface area contributed by atoms with E-state index in [9.17, 15) is 0 Å². The molecule has 62 valence electrons. The van der Waals surface area contributed by atoms with Gasteiger partial charge in [0.25, 0.3) is 0 Å². The summed E-state index contributed by atoms with van der Waals surface area (Å²) in [6.07, 6.45) is 0. The van der Waals surface area contributed by atoms with E-state index in [4.69, 9.17) is 11.5 Å². The first kappa shape index (κ1) is 7.91. The van der Waals surface area contributed by atoms with Crippen LogP contribution in [0.25, 0.3) is 0 Å². The quantitative estimate of drug-likeness (QED) is 0.658. The molecule has 0 unspecified atom stereocenters. The van der Waals surface area contributed by atoms with Crippen LogP contribution >= 0.6 is 0 Å². The zero-order valence-electron chi connectivity index (χ0n) is 6.91. The average Bonchev–Trinajstić information content (AvgIpc) is 2.09. The molecule has 0 radical (unpaired) electrons. The monoisotopic (exact) mass is 154 g/mol. The minimum atomic E-state index is 0.489. The zero-order valence-corrected chi connectivity index (χ0v) is 6.91. The second kappa shape index (κ2) is 2.82. The van der Waals surface area contributed by atoms with Gasteiger partial charge in [0.2, 0.25) is 0 Å². The maximum absolute atomic E-state index is 5.61. The number of anilines is 2. The van der Waals surface area contributed by atoms with Crippen molar-refractivity contribution in [3.8, 4) is 0 Å². The standard InChI is InChI=1S/C7H14N4/c1-5(2)4-11-7(9)3-6(8)10-11/h3,5H,4,9H2,1-2H3,(H2,8,10). The average molecular weight is 154 g/mol. The Morgan fingerprint density at radius 3 is 2.55 bits per heavy atom. The highest BCUT2D eigenvalue weighted by Crippen LogP contribution is 2.09. The van der Waals surface area contributed by atoms with E-state index < -0.39 is 0 Å². The third kappa shape index (κ3) is 1.86. The molecule has 0 aromatic carbocycles. The molecular weight excluding hydrogens is 140 g/mol. The largest absolute Gasteiger partial charge is 0.384 e. The molecule has 0 saturated heterocycles. The first-order valence-corrected chi connectivity index (χ1v) is 3.68. The molecule has 0 fully saturated rings. The fraction of sp³-hybridized carbons (Fsp3) is 0.571. The van der Waals surface area contributed by atoms with Gasteiger partial charge in [-0.3, -0.25) is 0 Å². The van der Waals surface area contributed by atoms with Crippen molar-refractivity contribution in [2.24, 2.45) is 5.92 Å². The molecule has 4 N–H and O–H groups in total. The van der Waals surface area contributed by atoms with E-state index in [1.165, 1.54) is 0 Å². The van der Waals surface area contributed by atoms with E-state index in [1.807, 2.05) is 0 Å². The Morgan fingerprint density at radius 2 is 2.18 bits per heavy atom. The van der Waals surface area contributed by atoms with Crippen LogP contribution in [0.15, 0.2) is 6.07 Å². The molecule has 1 aromatic rings. The first-order valence-electron chi connectivity index (χ1n) is 3.68. The molecule has 1 heterocycles. The van der Waals surface area contributed by atoms with Crippen LogP contribution < -0.4 is 11.5 Å². The van der Waals surface area contributed by atoms with Gasteiger partial charge in [-0.15, -0.1) is 0 Å². The Balaban J connectivity index is 2.77. The van der Waals surface area contributed by atoms with E-state index in [-0.39, 0.29) is 0 Å². The van der Waals surface area contributed by atoms with Gasteiger partial charge in [0.15, 0.2) is 0 Å². The molecule has 1 aromatic heterocycles. The summed E-state index contributed by atoms with van der Waals surface area (Å²) in [6, 6.07) is 1.67. The van der Waals surface area contributed by atoms with E-state index >= 15 is 0 Å². The lowest BCUT2D eigenvalue weighted by molar-refractivity contribution is 0.490. The van der Waals surface area contributed by atoms with Gasteiger partial charge in [-0.25, -0.2) is 4.68 Å². The lowest BCUT2D eigenvalue weighted by Crippen LogP contribution is -2.09. The highest BCUT2D eigenvalue weighted by molar-refractivity contribution is 5.41. The molecule has 0 aliphatic carbocycles. The van der Waals surface area contributed by atoms with Gasteiger partial charge >= 0.3 is 0 Å². The second-order valence-electron chi connectivity index (χ2n) is 3.07. The lowest BCUT2D eigenvalue weighted by Gasteiger charge is -2.05. The lowest BCUT2D eigenvalue weighted by atomic mass is 10.2. The van der Waals surface area contributed by atoms with Gasteiger partial charge in [0, 0.05) is 12.6 Å². The fourth-order valence-corrected chi connectivity index (χ4v) is 0.944. The number of nitrogens with two attached hydrogens (primary N) is 2. The van der Waals surface area contributed by atoms with Crippen LogP contribution in [0.2, 0.25) is 0 Å². The molecule has 0 amide bonds. The molecule has 0 aliphatic heterocycles. The van der Waals surface area contributed by atoms with Crippen molar-refractivity contribution < 1.29 is 0 Å². The second-order valence-corrected chi connectivity index (χ2v) is 3.07. The maximum Gasteiger partial charge on any atom is 0.147 e. The minimum Gasteiger partial charge on any atom is -0.384 e. The van der Waals surface area contributed by atoms with Crippen LogP contribution in [0.3, 0.4) is 0 Å². The molecule has 0 aliphatic rings. The summed E-state index contributed by atoms with van der Waals surface area (Å²) in [6.45, 7) is 5.04. The first-order chi connectivity index (χ1) is 5.09. The predicted octanol–water partition coefficient (Wildman–Crippen LogP) is 0.704. The summed E-state index contributed by atoms with van der Waals surface area (Å²) in [5, 5.41) is 4.02. The van der Waals surface area contributed by atoms with Gasteiger partial charge < -0.3 is 11.5 Å². The number of hydrogen-bond acceptors (Lipinski definition) is 3. The fourth-order valence-electron chi connectivity index (χ4n) is 0.944. The van der Waals surface area contributed by atoms with Crippen molar-refractivity contribution in [3.63, 3.8) is 0 Å². The number of nitrogens with zero attached hydrogens (tertiary/aromatic N) is 2. The van der Waals surface area contributed by atoms with Gasteiger partial charge in [0.1, 0.15) is 11.6 Å². The van der Waals surface area contributed by atoms with E-state index in [1.54, 1.807) is 10.7 Å². The van der Waals surface area contributed by atoms with Crippen molar-refractivity contribution in [2.45, 2.75) is 20.4 Å². The van der Waals surface area contributed by atoms with Crippen LogP contribution in [0.1, 0.15) is 13.8 Å². The Labute approximate surface area is 66.2 Å². The minimum absolute atomic E-state index is 0.489. The third-order valence-corrected chi connectivity index (χ3v) is 1.37. The molecule has 4 heteroatoms. The van der Waals surface area contributed by atoms with Gasteiger partial charge in [-0.2, -0.15) is 5.10 Å². The Bertz CT molecular complexity index is 239. The molecule has 1 rings (SSSR count). The topological polar surface area (TPSA) is 69.9 Å². The number of aromatic nitrogens is 2. The summed E-state index contributed by atoms with van der Waals surface area (Å²) < 4.78 is 1.72. The van der Waals surface area contributed by atoms with Gasteiger partial charge in [0.05, 0.1) is 0 Å². The van der Waals surface area contributed by atoms with Crippen molar-refractivity contribution >= 4 is 11.6 Å². The maximum atomic E-state index is 5.61. The number of nitrogen functional groups attached to an aromatic ring is 2. The van der Waals surface area contributed by atoms with Crippen LogP contribution in [-0.4, -0.2) is 9.78 Å². The van der Waals surface area contributed by atoms with Crippen molar-refractivity contribution in [2.75, 3.05) is 11.5 Å². The zero-order chi connectivity index (χ0) is 8.43. The molecule has 0 atom stereocenters. The Morgan fingerprint density at radius 1 is 1.55 bits per heavy atom. The van der Waals surface area contributed by atoms with Crippen molar-refractivity contribution in [1.29, 1.82) is 0 Å². The third-order valence-electron chi connectivity index (χ3n) is 1.37. The van der Waals surface area contributed by atoms with Gasteiger partial charge in [-0.1, -0.05) is 13.8 Å². The molecule has 0 bridgehead atoms. The van der Waals surface area contributed by atoms with Crippen molar-refractivity contribution in [1.82, 2.24) is 9.78 Å². The molecule has 0 saturated carbocycles. The normalized spacial score (nSPS) is 10.8. The summed E-state index contributed by atoms with van der Waals surface area (Å²) in [7, 11) is 0. The summed E-state index contributed by atoms with van der Waals surface area (Å²) in [5.41, 5.74) is 11.1. The molecule has 4 nitrogen and oxygen atoms in total. The Hall–Kier alpha value is -1.19. The van der Waals surface area contributed by atoms with E-state index in [0.717, 1.165) is 6.54 Å². The van der Waals surface area contributed by atoms with E-state index in [2.05, 4.69) is 18.9 Å². The summed E-state index contributed by atoms with van der Waals surface area (Å²) in [5.74, 6) is 1.66. The molecule has 11 heavy (non-hydrogen) atoms. The van der Waals surface area contributed by atoms with Crippen LogP contribution in [0, 0.1) is 5.92 Å².